The van der Waals surface area contributed by atoms with Crippen LogP contribution in [0.3, 0.4) is 0 Å². The number of benzene rings is 1. The molecule has 17 heavy (non-hydrogen) atoms. The van der Waals surface area contributed by atoms with E-state index in [1.165, 1.54) is 12.1 Å². The standard InChI is InChI=1S/C11H6ClF2IN2/c12-11-9(15)5-16-10(17-11)3-6-1-7(13)4-8(14)2-6/h1-2,4-5H,3H2. The van der Waals surface area contributed by atoms with Gasteiger partial charge in [-0.05, 0) is 40.3 Å². The Kier molecular flexibility index (Phi) is 3.88. The summed E-state index contributed by atoms with van der Waals surface area (Å²) >= 11 is 7.84. The second kappa shape index (κ2) is 5.22. The van der Waals surface area contributed by atoms with Gasteiger partial charge in [0.1, 0.15) is 22.6 Å². The maximum Gasteiger partial charge on any atom is 0.146 e. The highest BCUT2D eigenvalue weighted by atomic mass is 127. The molecule has 0 unspecified atom stereocenters. The normalized spacial score (nSPS) is 10.6. The summed E-state index contributed by atoms with van der Waals surface area (Å²) in [5.41, 5.74) is 0.472. The monoisotopic (exact) mass is 366 g/mol. The van der Waals surface area contributed by atoms with E-state index in [1.807, 2.05) is 22.6 Å². The summed E-state index contributed by atoms with van der Waals surface area (Å²) in [4.78, 5) is 8.08. The van der Waals surface area contributed by atoms with Crippen LogP contribution in [0.15, 0.2) is 24.4 Å². The minimum absolute atomic E-state index is 0.241. The minimum atomic E-state index is -0.614. The topological polar surface area (TPSA) is 25.8 Å². The minimum Gasteiger partial charge on any atom is -0.240 e. The van der Waals surface area contributed by atoms with Crippen molar-refractivity contribution in [2.24, 2.45) is 0 Å². The number of rotatable bonds is 2. The molecule has 6 heteroatoms. The lowest BCUT2D eigenvalue weighted by Gasteiger charge is -2.02. The first-order valence-electron chi connectivity index (χ1n) is 4.66. The van der Waals surface area contributed by atoms with Gasteiger partial charge in [-0.2, -0.15) is 0 Å². The highest BCUT2D eigenvalue weighted by molar-refractivity contribution is 14.1. The van der Waals surface area contributed by atoms with Crippen LogP contribution >= 0.6 is 34.2 Å². The summed E-state index contributed by atoms with van der Waals surface area (Å²) in [6, 6.07) is 3.32. The smallest absolute Gasteiger partial charge is 0.146 e. The summed E-state index contributed by atoms with van der Waals surface area (Å²) in [6.07, 6.45) is 1.81. The average molecular weight is 367 g/mol. The number of nitrogens with zero attached hydrogens (tertiary/aromatic N) is 2. The maximum absolute atomic E-state index is 13.0. The second-order valence-corrected chi connectivity index (χ2v) is 4.90. The first kappa shape index (κ1) is 12.6. The first-order valence-corrected chi connectivity index (χ1v) is 6.12. The Bertz CT molecular complexity index is 543. The molecule has 2 nitrogen and oxygen atoms in total. The molecule has 1 aromatic carbocycles. The molecule has 0 saturated heterocycles. The third-order valence-electron chi connectivity index (χ3n) is 2.04. The van der Waals surface area contributed by atoms with Crippen molar-refractivity contribution in [1.29, 1.82) is 0 Å². The Morgan fingerprint density at radius 1 is 1.18 bits per heavy atom. The first-order chi connectivity index (χ1) is 8.04. The van der Waals surface area contributed by atoms with Crippen molar-refractivity contribution in [1.82, 2.24) is 9.97 Å². The molecule has 0 N–H and O–H groups in total. The zero-order valence-electron chi connectivity index (χ0n) is 8.42. The third kappa shape index (κ3) is 3.32. The fourth-order valence-electron chi connectivity index (χ4n) is 1.36. The van der Waals surface area contributed by atoms with Gasteiger partial charge < -0.3 is 0 Å². The van der Waals surface area contributed by atoms with Crippen LogP contribution in [0, 0.1) is 15.2 Å². The van der Waals surface area contributed by atoms with Gasteiger partial charge >= 0.3 is 0 Å². The van der Waals surface area contributed by atoms with Crippen LogP contribution in [0.5, 0.6) is 0 Å². The second-order valence-electron chi connectivity index (χ2n) is 3.38. The van der Waals surface area contributed by atoms with E-state index in [0.29, 0.717) is 16.5 Å². The Balaban J connectivity index is 2.28. The van der Waals surface area contributed by atoms with Crippen LogP contribution in [0.1, 0.15) is 11.4 Å². The van der Waals surface area contributed by atoms with Crippen LogP contribution in [0.25, 0.3) is 0 Å². The molecule has 88 valence electrons. The third-order valence-corrected chi connectivity index (χ3v) is 3.43. The Morgan fingerprint density at radius 2 is 1.82 bits per heavy atom. The zero-order valence-corrected chi connectivity index (χ0v) is 11.3. The van der Waals surface area contributed by atoms with Crippen molar-refractivity contribution in [2.75, 3.05) is 0 Å². The van der Waals surface area contributed by atoms with E-state index >= 15 is 0 Å². The fraction of sp³-hybridized carbons (Fsp3) is 0.0909. The van der Waals surface area contributed by atoms with E-state index in [2.05, 4.69) is 9.97 Å². The molecule has 0 amide bonds. The lowest BCUT2D eigenvalue weighted by molar-refractivity contribution is 0.580. The van der Waals surface area contributed by atoms with Crippen LogP contribution in [0.4, 0.5) is 8.78 Å². The molecule has 2 rings (SSSR count). The molecule has 1 aromatic heterocycles. The SMILES string of the molecule is Fc1cc(F)cc(Cc2ncc(I)c(Cl)n2)c1. The van der Waals surface area contributed by atoms with Crippen LogP contribution in [-0.4, -0.2) is 9.97 Å². The fourth-order valence-corrected chi connectivity index (χ4v) is 1.77. The molecular formula is C11H6ClF2IN2. The summed E-state index contributed by atoms with van der Waals surface area (Å²) in [6.45, 7) is 0. The molecule has 0 spiro atoms. The molecule has 0 aliphatic carbocycles. The molecule has 0 radical (unpaired) electrons. The predicted octanol–water partition coefficient (Wildman–Crippen LogP) is 3.60. The quantitative estimate of drug-likeness (QED) is 0.599. The number of hydrogen-bond acceptors (Lipinski definition) is 2. The molecular weight excluding hydrogens is 360 g/mol. The van der Waals surface area contributed by atoms with Gasteiger partial charge in [0.25, 0.3) is 0 Å². The molecule has 0 bridgehead atoms. The molecule has 0 atom stereocenters. The van der Waals surface area contributed by atoms with Gasteiger partial charge in [-0.3, -0.25) is 0 Å². The molecule has 2 aromatic rings. The van der Waals surface area contributed by atoms with Gasteiger partial charge in [-0.25, -0.2) is 18.7 Å². The van der Waals surface area contributed by atoms with E-state index in [9.17, 15) is 8.78 Å². The molecule has 0 aliphatic heterocycles. The summed E-state index contributed by atoms with van der Waals surface area (Å²) in [5.74, 6) is -0.798. The van der Waals surface area contributed by atoms with Gasteiger partial charge in [-0.15, -0.1) is 0 Å². The molecule has 0 aliphatic rings. The van der Waals surface area contributed by atoms with E-state index in [0.717, 1.165) is 9.64 Å². The summed E-state index contributed by atoms with van der Waals surface area (Å²) in [7, 11) is 0. The molecule has 0 fully saturated rings. The largest absolute Gasteiger partial charge is 0.240 e. The van der Waals surface area contributed by atoms with Crippen molar-refractivity contribution in [2.45, 2.75) is 6.42 Å². The van der Waals surface area contributed by atoms with Crippen LogP contribution in [0.2, 0.25) is 5.15 Å². The van der Waals surface area contributed by atoms with Crippen molar-refractivity contribution < 1.29 is 8.78 Å². The van der Waals surface area contributed by atoms with Crippen LogP contribution in [-0.2, 0) is 6.42 Å². The summed E-state index contributed by atoms with van der Waals surface area (Å²) < 4.78 is 26.7. The summed E-state index contributed by atoms with van der Waals surface area (Å²) in [5, 5.41) is 0.340. The van der Waals surface area contributed by atoms with Gasteiger partial charge in [-0.1, -0.05) is 11.6 Å². The predicted molar refractivity (Wildman–Crippen MR) is 68.9 cm³/mol. The van der Waals surface area contributed by atoms with Crippen molar-refractivity contribution in [3.05, 3.63) is 56.1 Å². The van der Waals surface area contributed by atoms with E-state index in [1.54, 1.807) is 6.20 Å². The Hall–Kier alpha value is -0.820. The van der Waals surface area contributed by atoms with E-state index < -0.39 is 11.6 Å². The number of hydrogen-bond donors (Lipinski definition) is 0. The lowest BCUT2D eigenvalue weighted by atomic mass is 10.1. The van der Waals surface area contributed by atoms with Gasteiger partial charge in [0, 0.05) is 18.7 Å². The van der Waals surface area contributed by atoms with E-state index in [-0.39, 0.29) is 6.42 Å². The average Bonchev–Trinajstić information content (AvgIpc) is 2.22. The van der Waals surface area contributed by atoms with E-state index in [4.69, 9.17) is 11.6 Å². The van der Waals surface area contributed by atoms with Gasteiger partial charge in [0.2, 0.25) is 0 Å². The number of aromatic nitrogens is 2. The zero-order chi connectivity index (χ0) is 12.4. The maximum atomic E-state index is 13.0. The highest BCUT2D eigenvalue weighted by Crippen LogP contribution is 2.16. The number of halogens is 4. The van der Waals surface area contributed by atoms with Crippen molar-refractivity contribution in [3.63, 3.8) is 0 Å². The Morgan fingerprint density at radius 3 is 2.41 bits per heavy atom. The van der Waals surface area contributed by atoms with Gasteiger partial charge in [0.05, 0.1) is 3.57 Å². The molecule has 1 heterocycles. The lowest BCUT2D eigenvalue weighted by Crippen LogP contribution is -1.99. The Labute approximate surface area is 115 Å². The van der Waals surface area contributed by atoms with Gasteiger partial charge in [0.15, 0.2) is 0 Å². The van der Waals surface area contributed by atoms with Crippen molar-refractivity contribution >= 4 is 34.2 Å². The highest BCUT2D eigenvalue weighted by Gasteiger charge is 2.06. The van der Waals surface area contributed by atoms with Crippen LogP contribution < -0.4 is 0 Å². The molecule has 0 saturated carbocycles. The van der Waals surface area contributed by atoms with Crippen molar-refractivity contribution in [3.8, 4) is 0 Å².